The van der Waals surface area contributed by atoms with Gasteiger partial charge in [0.05, 0.1) is 6.10 Å². The molecule has 1 aliphatic rings. The van der Waals surface area contributed by atoms with Crippen molar-refractivity contribution in [2.24, 2.45) is 0 Å². The van der Waals surface area contributed by atoms with E-state index in [4.69, 9.17) is 4.74 Å². The molecule has 0 bridgehead atoms. The summed E-state index contributed by atoms with van der Waals surface area (Å²) in [5, 5.41) is 2.96. The molecule has 0 aliphatic carbocycles. The van der Waals surface area contributed by atoms with Crippen molar-refractivity contribution in [2.45, 2.75) is 25.5 Å². The van der Waals surface area contributed by atoms with Gasteiger partial charge in [-0.15, -0.1) is 0 Å². The Morgan fingerprint density at radius 2 is 2.29 bits per heavy atom. The van der Waals surface area contributed by atoms with Gasteiger partial charge in [0.15, 0.2) is 0 Å². The Bertz CT molecular complexity index is 675. The van der Waals surface area contributed by atoms with Crippen molar-refractivity contribution in [3.05, 3.63) is 58.8 Å². The molecular weight excluding hydrogens is 370 g/mol. The molecule has 1 aromatic heterocycles. The Morgan fingerprint density at radius 3 is 3.00 bits per heavy atom. The maximum Gasteiger partial charge on any atom is 0.322 e. The molecule has 1 atom stereocenters. The number of carbonyl (C=O) groups excluding carboxylic acids is 1. The molecular formula is C18H20BrN3O2. The number of amides is 2. The molecule has 0 radical (unpaired) electrons. The van der Waals surface area contributed by atoms with E-state index < -0.39 is 0 Å². The SMILES string of the molecule is O=C(Nc1cccc(Br)c1)N(Cc1cccnc1)CC1CCCO1. The van der Waals surface area contributed by atoms with Crippen LogP contribution in [0.1, 0.15) is 18.4 Å². The lowest BCUT2D eigenvalue weighted by atomic mass is 10.2. The highest BCUT2D eigenvalue weighted by molar-refractivity contribution is 9.10. The van der Waals surface area contributed by atoms with Crippen molar-refractivity contribution in [3.63, 3.8) is 0 Å². The van der Waals surface area contributed by atoms with Gasteiger partial charge in [-0.25, -0.2) is 4.79 Å². The van der Waals surface area contributed by atoms with Crippen LogP contribution in [0.3, 0.4) is 0 Å². The van der Waals surface area contributed by atoms with Gasteiger partial charge in [0.2, 0.25) is 0 Å². The lowest BCUT2D eigenvalue weighted by Crippen LogP contribution is -2.39. The third-order valence-electron chi connectivity index (χ3n) is 3.91. The van der Waals surface area contributed by atoms with Crippen molar-refractivity contribution in [2.75, 3.05) is 18.5 Å². The fraction of sp³-hybridized carbons (Fsp3) is 0.333. The first kappa shape index (κ1) is 16.9. The van der Waals surface area contributed by atoms with Crippen molar-refractivity contribution in [1.82, 2.24) is 9.88 Å². The standard InChI is InChI=1S/C18H20BrN3O2/c19-15-5-1-6-16(10-15)21-18(23)22(13-17-7-3-9-24-17)12-14-4-2-8-20-11-14/h1-2,4-6,8,10-11,17H,3,7,9,12-13H2,(H,21,23). The Kier molecular flexibility index (Phi) is 5.82. The third kappa shape index (κ3) is 4.79. The maximum atomic E-state index is 12.7. The Labute approximate surface area is 150 Å². The van der Waals surface area contributed by atoms with Gasteiger partial charge in [0.1, 0.15) is 0 Å². The number of benzene rings is 1. The van der Waals surface area contributed by atoms with E-state index >= 15 is 0 Å². The molecule has 1 N–H and O–H groups in total. The van der Waals surface area contributed by atoms with Crippen LogP contribution in [0.4, 0.5) is 10.5 Å². The van der Waals surface area contributed by atoms with E-state index in [1.807, 2.05) is 36.4 Å². The molecule has 1 fully saturated rings. The number of rotatable bonds is 5. The van der Waals surface area contributed by atoms with Crippen molar-refractivity contribution in [3.8, 4) is 0 Å². The van der Waals surface area contributed by atoms with Gasteiger partial charge in [-0.1, -0.05) is 28.1 Å². The van der Waals surface area contributed by atoms with E-state index in [1.54, 1.807) is 17.3 Å². The number of anilines is 1. The molecule has 24 heavy (non-hydrogen) atoms. The maximum absolute atomic E-state index is 12.7. The molecule has 1 saturated heterocycles. The van der Waals surface area contributed by atoms with Crippen LogP contribution in [0.5, 0.6) is 0 Å². The molecule has 1 aromatic carbocycles. The number of pyridine rings is 1. The van der Waals surface area contributed by atoms with E-state index in [-0.39, 0.29) is 12.1 Å². The zero-order chi connectivity index (χ0) is 16.8. The summed E-state index contributed by atoms with van der Waals surface area (Å²) >= 11 is 3.42. The molecule has 1 unspecified atom stereocenters. The second-order valence-electron chi connectivity index (χ2n) is 5.82. The molecule has 2 amide bonds. The summed E-state index contributed by atoms with van der Waals surface area (Å²) in [6.07, 6.45) is 5.67. The number of urea groups is 1. The van der Waals surface area contributed by atoms with Crippen LogP contribution < -0.4 is 5.32 Å². The molecule has 3 rings (SSSR count). The second-order valence-corrected chi connectivity index (χ2v) is 6.73. The minimum atomic E-state index is -0.132. The van der Waals surface area contributed by atoms with Crippen LogP contribution in [0.25, 0.3) is 0 Å². The summed E-state index contributed by atoms with van der Waals surface area (Å²) in [6.45, 7) is 1.86. The van der Waals surface area contributed by atoms with E-state index in [0.29, 0.717) is 13.1 Å². The summed E-state index contributed by atoms with van der Waals surface area (Å²) in [4.78, 5) is 18.7. The second kappa shape index (κ2) is 8.26. The van der Waals surface area contributed by atoms with Gasteiger partial charge >= 0.3 is 6.03 Å². The minimum Gasteiger partial charge on any atom is -0.376 e. The van der Waals surface area contributed by atoms with Crippen LogP contribution in [0.2, 0.25) is 0 Å². The summed E-state index contributed by atoms with van der Waals surface area (Å²) in [5.41, 5.74) is 1.76. The predicted octanol–water partition coefficient (Wildman–Crippen LogP) is 4.06. The van der Waals surface area contributed by atoms with Crippen LogP contribution >= 0.6 is 15.9 Å². The number of halogens is 1. The Hall–Kier alpha value is -1.92. The molecule has 0 spiro atoms. The number of nitrogens with zero attached hydrogens (tertiary/aromatic N) is 2. The van der Waals surface area contributed by atoms with Crippen LogP contribution in [-0.2, 0) is 11.3 Å². The van der Waals surface area contributed by atoms with E-state index in [0.717, 1.165) is 35.2 Å². The molecule has 0 saturated carbocycles. The average Bonchev–Trinajstić information content (AvgIpc) is 3.08. The highest BCUT2D eigenvalue weighted by Gasteiger charge is 2.23. The Morgan fingerprint density at radius 1 is 1.38 bits per heavy atom. The van der Waals surface area contributed by atoms with E-state index in [2.05, 4.69) is 26.2 Å². The average molecular weight is 390 g/mol. The normalized spacial score (nSPS) is 16.8. The molecule has 5 nitrogen and oxygen atoms in total. The van der Waals surface area contributed by atoms with Crippen molar-refractivity contribution < 1.29 is 9.53 Å². The van der Waals surface area contributed by atoms with Crippen molar-refractivity contribution >= 4 is 27.6 Å². The number of hydrogen-bond acceptors (Lipinski definition) is 3. The van der Waals surface area contributed by atoms with Gasteiger partial charge in [-0.05, 0) is 42.7 Å². The molecule has 2 heterocycles. The predicted molar refractivity (Wildman–Crippen MR) is 96.8 cm³/mol. The molecule has 2 aromatic rings. The lowest BCUT2D eigenvalue weighted by molar-refractivity contribution is 0.0819. The largest absolute Gasteiger partial charge is 0.376 e. The first-order valence-corrected chi connectivity index (χ1v) is 8.82. The summed E-state index contributed by atoms with van der Waals surface area (Å²) in [7, 11) is 0. The summed E-state index contributed by atoms with van der Waals surface area (Å²) < 4.78 is 6.62. The van der Waals surface area contributed by atoms with Crippen LogP contribution in [0, 0.1) is 0 Å². The lowest BCUT2D eigenvalue weighted by Gasteiger charge is -2.26. The zero-order valence-corrected chi connectivity index (χ0v) is 14.9. The highest BCUT2D eigenvalue weighted by Crippen LogP contribution is 2.18. The molecule has 126 valence electrons. The monoisotopic (exact) mass is 389 g/mol. The quantitative estimate of drug-likeness (QED) is 0.838. The smallest absolute Gasteiger partial charge is 0.322 e. The Balaban J connectivity index is 1.70. The van der Waals surface area contributed by atoms with Gasteiger partial charge in [0.25, 0.3) is 0 Å². The molecule has 6 heteroatoms. The van der Waals surface area contributed by atoms with Crippen LogP contribution in [0.15, 0.2) is 53.3 Å². The third-order valence-corrected chi connectivity index (χ3v) is 4.40. The van der Waals surface area contributed by atoms with Gasteiger partial charge < -0.3 is 15.0 Å². The zero-order valence-electron chi connectivity index (χ0n) is 13.3. The first-order valence-electron chi connectivity index (χ1n) is 8.03. The van der Waals surface area contributed by atoms with Gasteiger partial charge in [0, 0.05) is 42.3 Å². The van der Waals surface area contributed by atoms with Gasteiger partial charge in [-0.2, -0.15) is 0 Å². The first-order chi connectivity index (χ1) is 11.7. The van der Waals surface area contributed by atoms with E-state index in [1.165, 1.54) is 0 Å². The summed E-state index contributed by atoms with van der Waals surface area (Å²) in [5.74, 6) is 0. The summed E-state index contributed by atoms with van der Waals surface area (Å²) in [6, 6.07) is 11.3. The number of ether oxygens (including phenoxy) is 1. The van der Waals surface area contributed by atoms with Gasteiger partial charge in [-0.3, -0.25) is 4.98 Å². The van der Waals surface area contributed by atoms with Crippen molar-refractivity contribution in [1.29, 1.82) is 0 Å². The van der Waals surface area contributed by atoms with E-state index in [9.17, 15) is 4.79 Å². The topological polar surface area (TPSA) is 54.5 Å². The fourth-order valence-corrected chi connectivity index (χ4v) is 3.13. The number of nitrogens with one attached hydrogen (secondary N) is 1. The number of aromatic nitrogens is 1. The fourth-order valence-electron chi connectivity index (χ4n) is 2.73. The minimum absolute atomic E-state index is 0.106. The van der Waals surface area contributed by atoms with Crippen LogP contribution in [-0.4, -0.2) is 35.2 Å². The molecule has 1 aliphatic heterocycles. The number of hydrogen-bond donors (Lipinski definition) is 1. The number of carbonyl (C=O) groups is 1. The highest BCUT2D eigenvalue weighted by atomic mass is 79.9.